The van der Waals surface area contributed by atoms with Crippen LogP contribution in [0.5, 0.6) is 0 Å². The maximum atomic E-state index is 12.8. The van der Waals surface area contributed by atoms with Gasteiger partial charge in [0.2, 0.25) is 0 Å². The summed E-state index contributed by atoms with van der Waals surface area (Å²) in [4.78, 5) is 10.5. The van der Waals surface area contributed by atoms with Crippen LogP contribution in [0.3, 0.4) is 0 Å². The number of carboxylic acid groups (broad SMARTS) is 1. The first-order valence-corrected chi connectivity index (χ1v) is 4.33. The lowest BCUT2D eigenvalue weighted by molar-refractivity contribution is -0.131. The summed E-state index contributed by atoms with van der Waals surface area (Å²) in [5.41, 5.74) is 1.24. The highest BCUT2D eigenvalue weighted by Crippen LogP contribution is 2.18. The largest absolute Gasteiger partial charge is 0.478 e. The zero-order valence-corrected chi connectivity index (χ0v) is 7.83. The van der Waals surface area contributed by atoms with Crippen molar-refractivity contribution in [1.29, 1.82) is 0 Å². The third kappa shape index (κ3) is 2.69. The number of benzene rings is 1. The molecule has 1 aromatic carbocycles. The number of carboxylic acids is 1. The maximum absolute atomic E-state index is 12.8. The van der Waals surface area contributed by atoms with Gasteiger partial charge in [-0.3, -0.25) is 0 Å². The van der Waals surface area contributed by atoms with Gasteiger partial charge in [-0.05, 0) is 29.7 Å². The standard InChI is InChI=1S/C11H11FO2/c1-2-8(7-11(13)14)9-4-3-5-10(12)6-9/h3-7H,2H2,1H3,(H,13,14)/b8-7-. The van der Waals surface area contributed by atoms with E-state index < -0.39 is 5.97 Å². The molecule has 14 heavy (non-hydrogen) atoms. The van der Waals surface area contributed by atoms with Crippen molar-refractivity contribution in [1.82, 2.24) is 0 Å². The fourth-order valence-electron chi connectivity index (χ4n) is 1.23. The molecule has 74 valence electrons. The van der Waals surface area contributed by atoms with Crippen molar-refractivity contribution in [3.63, 3.8) is 0 Å². The minimum atomic E-state index is -1.01. The fraction of sp³-hybridized carbons (Fsp3) is 0.182. The Morgan fingerprint density at radius 2 is 2.29 bits per heavy atom. The number of hydrogen-bond donors (Lipinski definition) is 1. The van der Waals surface area contributed by atoms with Gasteiger partial charge in [0.1, 0.15) is 5.82 Å². The number of rotatable bonds is 3. The van der Waals surface area contributed by atoms with Crippen LogP contribution < -0.4 is 0 Å². The van der Waals surface area contributed by atoms with Gasteiger partial charge in [-0.1, -0.05) is 19.1 Å². The first-order valence-electron chi connectivity index (χ1n) is 4.33. The first kappa shape index (κ1) is 10.4. The lowest BCUT2D eigenvalue weighted by Gasteiger charge is -2.03. The summed E-state index contributed by atoms with van der Waals surface area (Å²) in [5, 5.41) is 8.58. The Morgan fingerprint density at radius 3 is 2.79 bits per heavy atom. The van der Waals surface area contributed by atoms with E-state index in [1.807, 2.05) is 6.92 Å². The predicted octanol–water partition coefficient (Wildman–Crippen LogP) is 2.70. The lowest BCUT2D eigenvalue weighted by atomic mass is 10.0. The second-order valence-corrected chi connectivity index (χ2v) is 2.87. The fourth-order valence-corrected chi connectivity index (χ4v) is 1.23. The van der Waals surface area contributed by atoms with Gasteiger partial charge < -0.3 is 5.11 Å². The Morgan fingerprint density at radius 1 is 1.57 bits per heavy atom. The number of halogens is 1. The third-order valence-electron chi connectivity index (χ3n) is 1.87. The van der Waals surface area contributed by atoms with Crippen LogP contribution in [-0.4, -0.2) is 11.1 Å². The van der Waals surface area contributed by atoms with E-state index in [0.29, 0.717) is 17.6 Å². The van der Waals surface area contributed by atoms with Crippen molar-refractivity contribution in [2.45, 2.75) is 13.3 Å². The van der Waals surface area contributed by atoms with Crippen LogP contribution in [0, 0.1) is 5.82 Å². The monoisotopic (exact) mass is 194 g/mol. The highest BCUT2D eigenvalue weighted by Gasteiger charge is 2.02. The second-order valence-electron chi connectivity index (χ2n) is 2.87. The van der Waals surface area contributed by atoms with Crippen LogP contribution in [0.4, 0.5) is 4.39 Å². The van der Waals surface area contributed by atoms with Crippen molar-refractivity contribution in [3.8, 4) is 0 Å². The first-order chi connectivity index (χ1) is 6.63. The smallest absolute Gasteiger partial charge is 0.328 e. The zero-order chi connectivity index (χ0) is 10.6. The van der Waals surface area contributed by atoms with E-state index in [9.17, 15) is 9.18 Å². The number of carbonyl (C=O) groups is 1. The third-order valence-corrected chi connectivity index (χ3v) is 1.87. The molecule has 0 atom stereocenters. The average molecular weight is 194 g/mol. The van der Waals surface area contributed by atoms with Crippen LogP contribution in [0.2, 0.25) is 0 Å². The van der Waals surface area contributed by atoms with Crippen molar-refractivity contribution in [2.24, 2.45) is 0 Å². The highest BCUT2D eigenvalue weighted by atomic mass is 19.1. The number of hydrogen-bond acceptors (Lipinski definition) is 1. The van der Waals surface area contributed by atoms with E-state index in [2.05, 4.69) is 0 Å². The molecule has 0 spiro atoms. The molecular weight excluding hydrogens is 183 g/mol. The molecule has 1 N–H and O–H groups in total. The van der Waals surface area contributed by atoms with Crippen molar-refractivity contribution >= 4 is 11.5 Å². The molecule has 0 amide bonds. The van der Waals surface area contributed by atoms with Gasteiger partial charge in [-0.2, -0.15) is 0 Å². The molecule has 3 heteroatoms. The zero-order valence-electron chi connectivity index (χ0n) is 7.83. The van der Waals surface area contributed by atoms with Gasteiger partial charge in [0.15, 0.2) is 0 Å². The molecule has 0 unspecified atom stereocenters. The second kappa shape index (κ2) is 4.56. The average Bonchev–Trinajstić information content (AvgIpc) is 2.14. The molecular formula is C11H11FO2. The van der Waals surface area contributed by atoms with Crippen molar-refractivity contribution in [2.75, 3.05) is 0 Å². The molecule has 0 aromatic heterocycles. The lowest BCUT2D eigenvalue weighted by Crippen LogP contribution is -1.92. The number of allylic oxidation sites excluding steroid dienone is 1. The van der Waals surface area contributed by atoms with Crippen LogP contribution in [0.15, 0.2) is 30.3 Å². The van der Waals surface area contributed by atoms with E-state index in [0.717, 1.165) is 6.08 Å². The summed E-state index contributed by atoms with van der Waals surface area (Å²) in [5.74, 6) is -1.36. The Kier molecular flexibility index (Phi) is 3.40. The van der Waals surface area contributed by atoms with E-state index in [4.69, 9.17) is 5.11 Å². The van der Waals surface area contributed by atoms with Crippen molar-refractivity contribution in [3.05, 3.63) is 41.7 Å². The van der Waals surface area contributed by atoms with Crippen LogP contribution in [-0.2, 0) is 4.79 Å². The summed E-state index contributed by atoms with van der Waals surface area (Å²) in [6.07, 6.45) is 1.67. The Labute approximate surface area is 81.7 Å². The van der Waals surface area contributed by atoms with Crippen LogP contribution in [0.1, 0.15) is 18.9 Å². The summed E-state index contributed by atoms with van der Waals surface area (Å²) >= 11 is 0. The Balaban J connectivity index is 3.07. The summed E-state index contributed by atoms with van der Waals surface area (Å²) < 4.78 is 12.8. The molecule has 0 aliphatic rings. The highest BCUT2D eigenvalue weighted by molar-refractivity contribution is 5.89. The molecule has 0 bridgehead atoms. The minimum absolute atomic E-state index is 0.354. The van der Waals surface area contributed by atoms with E-state index >= 15 is 0 Å². The molecule has 0 fully saturated rings. The summed E-state index contributed by atoms with van der Waals surface area (Å²) in [6.45, 7) is 1.83. The molecule has 0 radical (unpaired) electrons. The van der Waals surface area contributed by atoms with E-state index in [-0.39, 0.29) is 5.82 Å². The van der Waals surface area contributed by atoms with Gasteiger partial charge in [0.25, 0.3) is 0 Å². The van der Waals surface area contributed by atoms with E-state index in [1.54, 1.807) is 12.1 Å². The van der Waals surface area contributed by atoms with Gasteiger partial charge in [0.05, 0.1) is 0 Å². The topological polar surface area (TPSA) is 37.3 Å². The molecule has 0 aliphatic heterocycles. The summed E-state index contributed by atoms with van der Waals surface area (Å²) in [6, 6.07) is 5.92. The van der Waals surface area contributed by atoms with E-state index in [1.165, 1.54) is 12.1 Å². The molecule has 2 nitrogen and oxygen atoms in total. The summed E-state index contributed by atoms with van der Waals surface area (Å²) in [7, 11) is 0. The molecule has 0 saturated heterocycles. The van der Waals surface area contributed by atoms with Crippen LogP contribution >= 0.6 is 0 Å². The molecule has 0 heterocycles. The maximum Gasteiger partial charge on any atom is 0.328 e. The van der Waals surface area contributed by atoms with Crippen molar-refractivity contribution < 1.29 is 14.3 Å². The van der Waals surface area contributed by atoms with Gasteiger partial charge in [0, 0.05) is 6.08 Å². The molecule has 1 aromatic rings. The normalized spacial score (nSPS) is 11.4. The Hall–Kier alpha value is -1.64. The SMILES string of the molecule is CC/C(=C/C(=O)O)c1cccc(F)c1. The quantitative estimate of drug-likeness (QED) is 0.751. The minimum Gasteiger partial charge on any atom is -0.478 e. The van der Waals surface area contributed by atoms with Gasteiger partial charge >= 0.3 is 5.97 Å². The number of aliphatic carboxylic acids is 1. The molecule has 1 rings (SSSR count). The van der Waals surface area contributed by atoms with Gasteiger partial charge in [-0.25, -0.2) is 9.18 Å². The predicted molar refractivity (Wildman–Crippen MR) is 52.3 cm³/mol. The van der Waals surface area contributed by atoms with Gasteiger partial charge in [-0.15, -0.1) is 0 Å². The van der Waals surface area contributed by atoms with Crippen LogP contribution in [0.25, 0.3) is 5.57 Å². The molecule has 0 saturated carbocycles. The molecule has 0 aliphatic carbocycles. The Bertz CT molecular complexity index is 369.